The minimum absolute atomic E-state index is 0.0398. The van der Waals surface area contributed by atoms with Crippen LogP contribution in [0.2, 0.25) is 0 Å². The highest BCUT2D eigenvalue weighted by molar-refractivity contribution is 5.97. The van der Waals surface area contributed by atoms with Crippen LogP contribution in [0.5, 0.6) is 0 Å². The van der Waals surface area contributed by atoms with Crippen molar-refractivity contribution in [2.24, 2.45) is 5.92 Å². The van der Waals surface area contributed by atoms with Crippen LogP contribution in [-0.2, 0) is 14.3 Å². The van der Waals surface area contributed by atoms with E-state index in [2.05, 4.69) is 5.32 Å². The van der Waals surface area contributed by atoms with Gasteiger partial charge in [0.25, 0.3) is 0 Å². The van der Waals surface area contributed by atoms with Crippen LogP contribution in [0.15, 0.2) is 0 Å². The number of carbonyl (C=O) groups is 2. The highest BCUT2D eigenvalue weighted by Crippen LogP contribution is 2.34. The third kappa shape index (κ3) is 2.83. The van der Waals surface area contributed by atoms with Crippen LogP contribution in [-0.4, -0.2) is 48.6 Å². The minimum atomic E-state index is -0.377. The average molecular weight is 254 g/mol. The summed E-state index contributed by atoms with van der Waals surface area (Å²) in [7, 11) is 0. The molecule has 5 nitrogen and oxygen atoms in total. The SMILES string of the molecule is CCCOCCN1C(=O)C(C2CC2)NC(=O)C1C. The Labute approximate surface area is 108 Å². The molecule has 2 fully saturated rings. The molecule has 1 saturated carbocycles. The minimum Gasteiger partial charge on any atom is -0.380 e. The molecule has 0 aromatic carbocycles. The summed E-state index contributed by atoms with van der Waals surface area (Å²) in [5, 5.41) is 2.84. The molecule has 0 spiro atoms. The van der Waals surface area contributed by atoms with Gasteiger partial charge in [0, 0.05) is 13.2 Å². The molecule has 2 unspecified atom stereocenters. The van der Waals surface area contributed by atoms with Crippen LogP contribution < -0.4 is 5.32 Å². The van der Waals surface area contributed by atoms with Crippen molar-refractivity contribution in [1.82, 2.24) is 10.2 Å². The van der Waals surface area contributed by atoms with Gasteiger partial charge in [-0.1, -0.05) is 6.92 Å². The van der Waals surface area contributed by atoms with Crippen molar-refractivity contribution in [3.05, 3.63) is 0 Å². The van der Waals surface area contributed by atoms with Gasteiger partial charge in [-0.05, 0) is 32.1 Å². The summed E-state index contributed by atoms with van der Waals surface area (Å²) >= 11 is 0. The number of hydrogen-bond donors (Lipinski definition) is 1. The summed E-state index contributed by atoms with van der Waals surface area (Å²) in [6, 6.07) is -0.669. The van der Waals surface area contributed by atoms with Gasteiger partial charge in [-0.2, -0.15) is 0 Å². The van der Waals surface area contributed by atoms with E-state index in [0.717, 1.165) is 19.3 Å². The zero-order valence-electron chi connectivity index (χ0n) is 11.1. The lowest BCUT2D eigenvalue weighted by Crippen LogP contribution is -2.63. The Morgan fingerprint density at radius 2 is 2.06 bits per heavy atom. The van der Waals surface area contributed by atoms with Crippen LogP contribution in [0.1, 0.15) is 33.1 Å². The molecule has 2 rings (SSSR count). The van der Waals surface area contributed by atoms with Crippen molar-refractivity contribution in [2.75, 3.05) is 19.8 Å². The molecule has 2 amide bonds. The number of rotatable bonds is 6. The molecule has 2 aliphatic rings. The zero-order chi connectivity index (χ0) is 13.1. The number of ether oxygens (including phenoxy) is 1. The maximum atomic E-state index is 12.3. The molecule has 1 aliphatic carbocycles. The van der Waals surface area contributed by atoms with Gasteiger partial charge in [0.05, 0.1) is 6.61 Å². The Balaban J connectivity index is 1.91. The van der Waals surface area contributed by atoms with E-state index in [9.17, 15) is 9.59 Å². The van der Waals surface area contributed by atoms with Gasteiger partial charge in [0.15, 0.2) is 0 Å². The van der Waals surface area contributed by atoms with Crippen molar-refractivity contribution in [2.45, 2.75) is 45.2 Å². The van der Waals surface area contributed by atoms with E-state index in [1.54, 1.807) is 11.8 Å². The van der Waals surface area contributed by atoms with E-state index < -0.39 is 0 Å². The quantitative estimate of drug-likeness (QED) is 0.704. The Morgan fingerprint density at radius 1 is 1.33 bits per heavy atom. The first-order chi connectivity index (χ1) is 8.65. The first-order valence-electron chi connectivity index (χ1n) is 6.83. The monoisotopic (exact) mass is 254 g/mol. The molecular formula is C13H22N2O3. The molecule has 5 heteroatoms. The smallest absolute Gasteiger partial charge is 0.246 e. The van der Waals surface area contributed by atoms with Crippen LogP contribution in [0.4, 0.5) is 0 Å². The third-order valence-electron chi connectivity index (χ3n) is 3.61. The Kier molecular flexibility index (Phi) is 4.22. The second-order valence-corrected chi connectivity index (χ2v) is 5.14. The van der Waals surface area contributed by atoms with Crippen LogP contribution in [0.25, 0.3) is 0 Å². The zero-order valence-corrected chi connectivity index (χ0v) is 11.1. The number of nitrogens with zero attached hydrogens (tertiary/aromatic N) is 1. The molecule has 0 bridgehead atoms. The second kappa shape index (κ2) is 5.69. The molecule has 0 aromatic rings. The second-order valence-electron chi connectivity index (χ2n) is 5.14. The van der Waals surface area contributed by atoms with Gasteiger partial charge < -0.3 is 15.0 Å². The van der Waals surface area contributed by atoms with Gasteiger partial charge in [-0.3, -0.25) is 9.59 Å². The van der Waals surface area contributed by atoms with Gasteiger partial charge in [0.1, 0.15) is 12.1 Å². The number of carbonyl (C=O) groups excluding carboxylic acids is 2. The lowest BCUT2D eigenvalue weighted by molar-refractivity contribution is -0.150. The predicted molar refractivity (Wildman–Crippen MR) is 66.9 cm³/mol. The van der Waals surface area contributed by atoms with Crippen LogP contribution in [0, 0.1) is 5.92 Å². The summed E-state index contributed by atoms with van der Waals surface area (Å²) in [4.78, 5) is 25.8. The van der Waals surface area contributed by atoms with E-state index in [1.807, 2.05) is 6.92 Å². The average Bonchev–Trinajstić information content (AvgIpc) is 3.17. The molecule has 1 N–H and O–H groups in total. The van der Waals surface area contributed by atoms with Crippen molar-refractivity contribution in [3.8, 4) is 0 Å². The number of amides is 2. The first kappa shape index (κ1) is 13.3. The fourth-order valence-electron chi connectivity index (χ4n) is 2.31. The molecule has 1 saturated heterocycles. The summed E-state index contributed by atoms with van der Waals surface area (Å²) < 4.78 is 5.40. The third-order valence-corrected chi connectivity index (χ3v) is 3.61. The molecule has 1 aliphatic heterocycles. The summed E-state index contributed by atoms with van der Waals surface area (Å²) in [5.41, 5.74) is 0. The fraction of sp³-hybridized carbons (Fsp3) is 0.846. The predicted octanol–water partition coefficient (Wildman–Crippen LogP) is 0.539. The maximum absolute atomic E-state index is 12.3. The van der Waals surface area contributed by atoms with Crippen molar-refractivity contribution in [1.29, 1.82) is 0 Å². The largest absolute Gasteiger partial charge is 0.380 e. The van der Waals surface area contributed by atoms with E-state index in [-0.39, 0.29) is 23.9 Å². The van der Waals surface area contributed by atoms with Crippen molar-refractivity contribution >= 4 is 11.8 Å². The molecule has 2 atom stereocenters. The van der Waals surface area contributed by atoms with Gasteiger partial charge >= 0.3 is 0 Å². The molecule has 102 valence electrons. The van der Waals surface area contributed by atoms with E-state index >= 15 is 0 Å². The highest BCUT2D eigenvalue weighted by atomic mass is 16.5. The first-order valence-corrected chi connectivity index (χ1v) is 6.83. The molecule has 0 aromatic heterocycles. The van der Waals surface area contributed by atoms with Crippen molar-refractivity contribution < 1.29 is 14.3 Å². The summed E-state index contributed by atoms with van der Waals surface area (Å²) in [6.45, 7) is 5.54. The molecule has 18 heavy (non-hydrogen) atoms. The lowest BCUT2D eigenvalue weighted by atomic mass is 10.0. The van der Waals surface area contributed by atoms with Crippen molar-refractivity contribution in [3.63, 3.8) is 0 Å². The van der Waals surface area contributed by atoms with E-state index in [0.29, 0.717) is 25.7 Å². The Hall–Kier alpha value is -1.10. The van der Waals surface area contributed by atoms with E-state index in [4.69, 9.17) is 4.74 Å². The molecule has 0 radical (unpaired) electrons. The highest BCUT2D eigenvalue weighted by Gasteiger charge is 2.45. The molecular weight excluding hydrogens is 232 g/mol. The van der Waals surface area contributed by atoms with Gasteiger partial charge in [-0.15, -0.1) is 0 Å². The lowest BCUT2D eigenvalue weighted by Gasteiger charge is -2.37. The normalized spacial score (nSPS) is 28.4. The fourth-order valence-corrected chi connectivity index (χ4v) is 2.31. The van der Waals surface area contributed by atoms with Gasteiger partial charge in [0.2, 0.25) is 11.8 Å². The number of hydrogen-bond acceptors (Lipinski definition) is 3. The summed E-state index contributed by atoms with van der Waals surface area (Å²) in [6.07, 6.45) is 3.06. The topological polar surface area (TPSA) is 58.6 Å². The number of piperazine rings is 1. The molecule has 1 heterocycles. The number of nitrogens with one attached hydrogen (secondary N) is 1. The Morgan fingerprint density at radius 3 is 2.67 bits per heavy atom. The standard InChI is InChI=1S/C13H22N2O3/c1-3-7-18-8-6-15-9(2)12(16)14-11(13(15)17)10-4-5-10/h9-11H,3-8H2,1-2H3,(H,14,16). The maximum Gasteiger partial charge on any atom is 0.246 e. The van der Waals surface area contributed by atoms with Crippen LogP contribution >= 0.6 is 0 Å². The van der Waals surface area contributed by atoms with E-state index in [1.165, 1.54) is 0 Å². The van der Waals surface area contributed by atoms with Gasteiger partial charge in [-0.25, -0.2) is 0 Å². The summed E-state index contributed by atoms with van der Waals surface area (Å²) in [5.74, 6) is 0.375. The van der Waals surface area contributed by atoms with Crippen LogP contribution in [0.3, 0.4) is 0 Å². The Bertz CT molecular complexity index is 328.